The van der Waals surface area contributed by atoms with Crippen molar-refractivity contribution in [2.24, 2.45) is 0 Å². The van der Waals surface area contributed by atoms with E-state index in [9.17, 15) is 19.7 Å². The number of hydrogen-bond acceptors (Lipinski definition) is 5. The highest BCUT2D eigenvalue weighted by atomic mass is 35.5. The molecule has 2 amide bonds. The van der Waals surface area contributed by atoms with Crippen LogP contribution < -0.4 is 21.5 Å². The Labute approximate surface area is 176 Å². The Hall–Kier alpha value is -3.24. The van der Waals surface area contributed by atoms with Gasteiger partial charge in [-0.05, 0) is 44.3 Å². The number of amides is 2. The van der Waals surface area contributed by atoms with Gasteiger partial charge in [-0.15, -0.1) is 0 Å². The Balaban J connectivity index is 2.14. The van der Waals surface area contributed by atoms with E-state index < -0.39 is 16.7 Å². The lowest BCUT2D eigenvalue weighted by atomic mass is 10.1. The second-order valence-corrected chi connectivity index (χ2v) is 6.94. The molecule has 2 aromatic rings. The average Bonchev–Trinajstić information content (AvgIpc) is 2.65. The van der Waals surface area contributed by atoms with Crippen LogP contribution in [0.15, 0.2) is 42.5 Å². The summed E-state index contributed by atoms with van der Waals surface area (Å²) in [5, 5.41) is 16.5. The molecular weight excluding hydrogens is 418 g/mol. The molecule has 2 rings (SSSR count). The van der Waals surface area contributed by atoms with Crippen LogP contribution in [0, 0.1) is 10.1 Å². The molecule has 0 aliphatic carbocycles. The zero-order valence-corrected chi connectivity index (χ0v) is 17.1. The fourth-order valence-electron chi connectivity index (χ4n) is 2.26. The highest BCUT2D eigenvalue weighted by Gasteiger charge is 2.18. The number of carbonyl (C=O) groups is 2. The van der Waals surface area contributed by atoms with Crippen molar-refractivity contribution in [1.82, 2.24) is 16.2 Å². The Morgan fingerprint density at radius 2 is 1.76 bits per heavy atom. The van der Waals surface area contributed by atoms with Gasteiger partial charge in [-0.2, -0.15) is 0 Å². The van der Waals surface area contributed by atoms with Gasteiger partial charge in [0.2, 0.25) is 0 Å². The predicted molar refractivity (Wildman–Crippen MR) is 114 cm³/mol. The van der Waals surface area contributed by atoms with Gasteiger partial charge in [0, 0.05) is 18.2 Å². The van der Waals surface area contributed by atoms with Crippen LogP contribution in [-0.4, -0.2) is 27.9 Å². The monoisotopic (exact) mass is 435 g/mol. The van der Waals surface area contributed by atoms with Crippen molar-refractivity contribution in [3.8, 4) is 0 Å². The minimum absolute atomic E-state index is 0.0351. The molecule has 0 unspecified atom stereocenters. The van der Waals surface area contributed by atoms with Gasteiger partial charge in [0.1, 0.15) is 0 Å². The molecule has 29 heavy (non-hydrogen) atoms. The molecule has 152 valence electrons. The number of nitro groups is 1. The summed E-state index contributed by atoms with van der Waals surface area (Å²) in [4.78, 5) is 35.2. The molecule has 0 saturated carbocycles. The van der Waals surface area contributed by atoms with E-state index in [0.717, 1.165) is 6.07 Å². The Morgan fingerprint density at radius 1 is 1.07 bits per heavy atom. The minimum Gasteiger partial charge on any atom is -0.359 e. The molecule has 11 heteroatoms. The minimum atomic E-state index is -0.616. The molecule has 0 spiro atoms. The quantitative estimate of drug-likeness (QED) is 0.323. The summed E-state index contributed by atoms with van der Waals surface area (Å²) in [5.74, 6) is -1.14. The molecule has 0 aromatic heterocycles. The number of nitro benzene ring substituents is 1. The Morgan fingerprint density at radius 3 is 2.38 bits per heavy atom. The summed E-state index contributed by atoms with van der Waals surface area (Å²) in [7, 11) is 0. The Kier molecular flexibility index (Phi) is 7.46. The molecular formula is C18H18ClN5O4S. The maximum Gasteiger partial charge on any atom is 0.271 e. The zero-order valence-electron chi connectivity index (χ0n) is 15.5. The highest BCUT2D eigenvalue weighted by molar-refractivity contribution is 7.80. The normalized spacial score (nSPS) is 10.2. The van der Waals surface area contributed by atoms with Crippen molar-refractivity contribution in [3.63, 3.8) is 0 Å². The second-order valence-electron chi connectivity index (χ2n) is 6.13. The van der Waals surface area contributed by atoms with Crippen molar-refractivity contribution in [3.05, 3.63) is 68.7 Å². The highest BCUT2D eigenvalue weighted by Crippen LogP contribution is 2.24. The van der Waals surface area contributed by atoms with E-state index >= 15 is 0 Å². The molecule has 0 aliphatic rings. The summed E-state index contributed by atoms with van der Waals surface area (Å²) in [6.45, 7) is 3.79. The number of hydrogen-bond donors (Lipinski definition) is 4. The van der Waals surface area contributed by atoms with Gasteiger partial charge >= 0.3 is 0 Å². The van der Waals surface area contributed by atoms with Crippen LogP contribution in [-0.2, 0) is 0 Å². The van der Waals surface area contributed by atoms with E-state index in [2.05, 4.69) is 21.5 Å². The predicted octanol–water partition coefficient (Wildman–Crippen LogP) is 3.02. The maximum absolute atomic E-state index is 12.5. The van der Waals surface area contributed by atoms with E-state index in [1.165, 1.54) is 24.3 Å². The first-order valence-electron chi connectivity index (χ1n) is 8.40. The first-order valence-corrected chi connectivity index (χ1v) is 9.19. The van der Waals surface area contributed by atoms with Crippen LogP contribution in [0.2, 0.25) is 5.02 Å². The average molecular weight is 436 g/mol. The number of nitrogens with one attached hydrogen (secondary N) is 4. The fourth-order valence-corrected chi connectivity index (χ4v) is 2.81. The van der Waals surface area contributed by atoms with Crippen molar-refractivity contribution in [2.75, 3.05) is 5.32 Å². The van der Waals surface area contributed by atoms with Crippen molar-refractivity contribution in [2.45, 2.75) is 19.9 Å². The molecule has 9 nitrogen and oxygen atoms in total. The van der Waals surface area contributed by atoms with E-state index in [1.807, 2.05) is 13.8 Å². The van der Waals surface area contributed by atoms with Gasteiger partial charge < -0.3 is 10.6 Å². The van der Waals surface area contributed by atoms with Crippen molar-refractivity contribution >= 4 is 52.1 Å². The molecule has 0 heterocycles. The molecule has 0 aliphatic heterocycles. The number of nitrogens with zero attached hydrogens (tertiary/aromatic N) is 1. The molecule has 4 N–H and O–H groups in total. The third-order valence-electron chi connectivity index (χ3n) is 3.54. The molecule has 0 saturated heterocycles. The van der Waals surface area contributed by atoms with Gasteiger partial charge in [0.25, 0.3) is 17.5 Å². The number of hydrazine groups is 1. The smallest absolute Gasteiger partial charge is 0.271 e. The lowest BCUT2D eigenvalue weighted by Gasteiger charge is -2.15. The number of benzene rings is 2. The molecule has 0 bridgehead atoms. The third kappa shape index (κ3) is 6.13. The lowest BCUT2D eigenvalue weighted by molar-refractivity contribution is -0.384. The van der Waals surface area contributed by atoms with Crippen LogP contribution in [0.4, 0.5) is 11.4 Å². The first-order chi connectivity index (χ1) is 13.7. The largest absolute Gasteiger partial charge is 0.359 e. The van der Waals surface area contributed by atoms with Gasteiger partial charge in [-0.3, -0.25) is 30.6 Å². The number of rotatable bonds is 5. The number of non-ortho nitro benzene ring substituents is 1. The number of para-hydroxylation sites is 1. The van der Waals surface area contributed by atoms with E-state index in [4.69, 9.17) is 23.8 Å². The standard InChI is InChI=1S/C18H18ClN5O4S/c1-10(2)20-18(29)23-22-17(26)13-5-3-4-6-15(13)21-16(25)12-8-7-11(24(27)28)9-14(12)19/h3-10H,1-2H3,(H,21,25)(H,22,26)(H2,20,23,29). The number of halogens is 1. The topological polar surface area (TPSA) is 125 Å². The lowest BCUT2D eigenvalue weighted by Crippen LogP contribution is -2.48. The maximum atomic E-state index is 12.5. The summed E-state index contributed by atoms with van der Waals surface area (Å²) >= 11 is 11.0. The van der Waals surface area contributed by atoms with Crippen molar-refractivity contribution in [1.29, 1.82) is 0 Å². The Bertz CT molecular complexity index is 967. The molecule has 0 atom stereocenters. The molecule has 0 fully saturated rings. The van der Waals surface area contributed by atoms with Gasteiger partial charge in [-0.25, -0.2) is 0 Å². The van der Waals surface area contributed by atoms with Crippen LogP contribution in [0.25, 0.3) is 0 Å². The van der Waals surface area contributed by atoms with Gasteiger partial charge in [-0.1, -0.05) is 23.7 Å². The van der Waals surface area contributed by atoms with Crippen LogP contribution in [0.5, 0.6) is 0 Å². The summed E-state index contributed by atoms with van der Waals surface area (Å²) in [6, 6.07) is 9.92. The zero-order chi connectivity index (χ0) is 21.6. The van der Waals surface area contributed by atoms with Gasteiger partial charge in [0.05, 0.1) is 26.8 Å². The van der Waals surface area contributed by atoms with Gasteiger partial charge in [0.15, 0.2) is 5.11 Å². The number of thiocarbonyl (C=S) groups is 1. The number of anilines is 1. The number of carbonyl (C=O) groups excluding carboxylic acids is 2. The van der Waals surface area contributed by atoms with Crippen LogP contribution in [0.3, 0.4) is 0 Å². The first kappa shape index (κ1) is 22.1. The molecule has 2 aromatic carbocycles. The van der Waals surface area contributed by atoms with E-state index in [-0.39, 0.29) is 38.7 Å². The molecule has 0 radical (unpaired) electrons. The van der Waals surface area contributed by atoms with E-state index in [1.54, 1.807) is 12.1 Å². The second kappa shape index (κ2) is 9.80. The third-order valence-corrected chi connectivity index (χ3v) is 4.07. The van der Waals surface area contributed by atoms with Crippen molar-refractivity contribution < 1.29 is 14.5 Å². The fraction of sp³-hybridized carbons (Fsp3) is 0.167. The summed E-state index contributed by atoms with van der Waals surface area (Å²) in [5.41, 5.74) is 5.23. The van der Waals surface area contributed by atoms with Crippen LogP contribution in [0.1, 0.15) is 34.6 Å². The summed E-state index contributed by atoms with van der Waals surface area (Å²) in [6.07, 6.45) is 0. The van der Waals surface area contributed by atoms with Crippen LogP contribution >= 0.6 is 23.8 Å². The SMILES string of the molecule is CC(C)NC(=S)NNC(=O)c1ccccc1NC(=O)c1ccc([N+](=O)[O-])cc1Cl. The summed E-state index contributed by atoms with van der Waals surface area (Å²) < 4.78 is 0. The van der Waals surface area contributed by atoms with E-state index in [0.29, 0.717) is 0 Å².